The first-order valence-corrected chi connectivity index (χ1v) is 10.8. The molecule has 0 unspecified atom stereocenters. The molecule has 0 saturated carbocycles. The molecule has 4 rings (SSSR count). The average molecular weight is 427 g/mol. The van der Waals surface area contributed by atoms with Gasteiger partial charge < -0.3 is 10.2 Å². The number of likely N-dealkylation sites (tertiary alicyclic amines) is 1. The Hall–Kier alpha value is -2.80. The first-order chi connectivity index (χ1) is 15.0. The van der Waals surface area contributed by atoms with E-state index in [1.54, 1.807) is 0 Å². The van der Waals surface area contributed by atoms with E-state index in [-0.39, 0.29) is 30.5 Å². The molecule has 0 spiro atoms. The van der Waals surface area contributed by atoms with Crippen molar-refractivity contribution in [2.75, 3.05) is 26.2 Å². The van der Waals surface area contributed by atoms with Crippen molar-refractivity contribution in [1.82, 2.24) is 15.1 Å². The zero-order chi connectivity index (χ0) is 21.8. The van der Waals surface area contributed by atoms with Crippen molar-refractivity contribution in [2.45, 2.75) is 38.3 Å². The topological polar surface area (TPSA) is 52.7 Å². The summed E-state index contributed by atoms with van der Waals surface area (Å²) in [6.07, 6.45) is 3.91. The van der Waals surface area contributed by atoms with Crippen molar-refractivity contribution in [3.8, 4) is 0 Å². The minimum Gasteiger partial charge on any atom is -0.351 e. The van der Waals surface area contributed by atoms with Gasteiger partial charge >= 0.3 is 0 Å². The highest BCUT2D eigenvalue weighted by Gasteiger charge is 2.36. The largest absolute Gasteiger partial charge is 0.351 e. The van der Waals surface area contributed by atoms with E-state index >= 15 is 0 Å². The van der Waals surface area contributed by atoms with Crippen molar-refractivity contribution in [2.24, 2.45) is 0 Å². The van der Waals surface area contributed by atoms with E-state index < -0.39 is 17.7 Å². The summed E-state index contributed by atoms with van der Waals surface area (Å²) in [6.45, 7) is 2.11. The third kappa shape index (κ3) is 4.93. The molecule has 2 amide bonds. The summed E-state index contributed by atoms with van der Waals surface area (Å²) >= 11 is 0. The average Bonchev–Trinajstić information content (AvgIpc) is 2.78. The van der Waals surface area contributed by atoms with Crippen LogP contribution in [0.4, 0.5) is 8.78 Å². The Morgan fingerprint density at radius 2 is 1.77 bits per heavy atom. The number of hydrogen-bond acceptors (Lipinski definition) is 3. The van der Waals surface area contributed by atoms with Gasteiger partial charge in [-0.05, 0) is 42.9 Å². The fourth-order valence-electron chi connectivity index (χ4n) is 4.46. The van der Waals surface area contributed by atoms with Gasteiger partial charge in [-0.15, -0.1) is 0 Å². The second kappa shape index (κ2) is 9.56. The number of nitrogens with zero attached hydrogens (tertiary/aromatic N) is 2. The fourth-order valence-corrected chi connectivity index (χ4v) is 4.46. The number of rotatable bonds is 5. The number of carbonyl (C=O) groups is 2. The summed E-state index contributed by atoms with van der Waals surface area (Å²) in [7, 11) is 0. The first kappa shape index (κ1) is 21.4. The van der Waals surface area contributed by atoms with Gasteiger partial charge in [-0.2, -0.15) is 0 Å². The number of amides is 2. The highest BCUT2D eigenvalue weighted by atomic mass is 19.1. The quantitative estimate of drug-likeness (QED) is 0.798. The standard InChI is InChI=1S/C24H27F2N3O2/c25-19-9-8-18(21(26)14-19)15-27-22(30)16-29-13-10-17-6-2-3-7-20(17)23(29)24(31)28-11-4-1-5-12-28/h2-3,6-9,14,23H,1,4-5,10-13,15-16H2,(H,27,30)/t23-/m1/s1. The number of piperidine rings is 1. The van der Waals surface area contributed by atoms with E-state index in [1.807, 2.05) is 34.1 Å². The van der Waals surface area contributed by atoms with Gasteiger partial charge in [0.2, 0.25) is 11.8 Å². The Bertz CT molecular complexity index is 960. The number of carbonyl (C=O) groups excluding carboxylic acids is 2. The molecule has 2 aliphatic heterocycles. The normalized spacial score (nSPS) is 19.0. The highest BCUT2D eigenvalue weighted by Crippen LogP contribution is 2.32. The van der Waals surface area contributed by atoms with E-state index in [9.17, 15) is 18.4 Å². The molecule has 0 radical (unpaired) electrons. The third-order valence-electron chi connectivity index (χ3n) is 6.12. The lowest BCUT2D eigenvalue weighted by Crippen LogP contribution is -2.50. The van der Waals surface area contributed by atoms with Gasteiger partial charge in [0.05, 0.1) is 6.54 Å². The number of hydrogen-bond donors (Lipinski definition) is 1. The minimum absolute atomic E-state index is 0.0277. The van der Waals surface area contributed by atoms with Crippen molar-refractivity contribution >= 4 is 11.8 Å². The maximum Gasteiger partial charge on any atom is 0.244 e. The van der Waals surface area contributed by atoms with Gasteiger partial charge in [0, 0.05) is 37.8 Å². The molecule has 1 saturated heterocycles. The summed E-state index contributed by atoms with van der Waals surface area (Å²) in [5.74, 6) is -1.59. The molecule has 2 heterocycles. The highest BCUT2D eigenvalue weighted by molar-refractivity contribution is 5.85. The number of fused-ring (bicyclic) bond motifs is 1. The van der Waals surface area contributed by atoms with Gasteiger partial charge in [0.15, 0.2) is 0 Å². The van der Waals surface area contributed by atoms with E-state index in [1.165, 1.54) is 12.1 Å². The van der Waals surface area contributed by atoms with Crippen LogP contribution >= 0.6 is 0 Å². The molecule has 0 bridgehead atoms. The van der Waals surface area contributed by atoms with E-state index in [4.69, 9.17) is 0 Å². The van der Waals surface area contributed by atoms with Crippen molar-refractivity contribution < 1.29 is 18.4 Å². The maximum atomic E-state index is 13.8. The van der Waals surface area contributed by atoms with Crippen molar-refractivity contribution in [3.05, 3.63) is 70.8 Å². The Morgan fingerprint density at radius 1 is 1.00 bits per heavy atom. The lowest BCUT2D eigenvalue weighted by atomic mass is 9.91. The molecule has 31 heavy (non-hydrogen) atoms. The van der Waals surface area contributed by atoms with E-state index in [0.717, 1.165) is 56.0 Å². The molecule has 7 heteroatoms. The number of halogens is 2. The van der Waals surface area contributed by atoms with Crippen molar-refractivity contribution in [1.29, 1.82) is 0 Å². The van der Waals surface area contributed by atoms with Crippen molar-refractivity contribution in [3.63, 3.8) is 0 Å². The first-order valence-electron chi connectivity index (χ1n) is 10.8. The molecule has 164 valence electrons. The molecule has 2 aromatic carbocycles. The van der Waals surface area contributed by atoms with Gasteiger partial charge in [-0.25, -0.2) is 8.78 Å². The van der Waals surface area contributed by atoms with Crippen LogP contribution in [0.1, 0.15) is 42.0 Å². The Balaban J connectivity index is 1.47. The van der Waals surface area contributed by atoms with E-state index in [2.05, 4.69) is 5.32 Å². The Labute approximate surface area is 181 Å². The van der Waals surface area contributed by atoms with Gasteiger partial charge in [-0.1, -0.05) is 30.3 Å². The SMILES string of the molecule is O=C(CN1CCc2ccccc2[C@@H]1C(=O)N1CCCCC1)NCc1ccc(F)cc1F. The van der Waals surface area contributed by atoms with Gasteiger partial charge in [0.25, 0.3) is 0 Å². The molecule has 1 atom stereocenters. The van der Waals surface area contributed by atoms with Crippen LogP contribution < -0.4 is 5.32 Å². The summed E-state index contributed by atoms with van der Waals surface area (Å²) < 4.78 is 26.9. The summed E-state index contributed by atoms with van der Waals surface area (Å²) in [5, 5.41) is 2.70. The van der Waals surface area contributed by atoms with Crippen LogP contribution in [0, 0.1) is 11.6 Å². The molecule has 0 aromatic heterocycles. The van der Waals surface area contributed by atoms with Crippen LogP contribution in [-0.4, -0.2) is 47.8 Å². The van der Waals surface area contributed by atoms with Gasteiger partial charge in [-0.3, -0.25) is 14.5 Å². The fraction of sp³-hybridized carbons (Fsp3) is 0.417. The molecule has 2 aromatic rings. The predicted octanol–water partition coefficient (Wildman–Crippen LogP) is 3.19. The summed E-state index contributed by atoms with van der Waals surface area (Å²) in [6, 6.07) is 10.7. The third-order valence-corrected chi connectivity index (χ3v) is 6.12. The molecule has 1 fully saturated rings. The monoisotopic (exact) mass is 427 g/mol. The van der Waals surface area contributed by atoms with Crippen LogP contribution in [0.2, 0.25) is 0 Å². The molecule has 0 aliphatic carbocycles. The predicted molar refractivity (Wildman–Crippen MR) is 113 cm³/mol. The molecular weight excluding hydrogens is 400 g/mol. The number of benzene rings is 2. The Morgan fingerprint density at radius 3 is 2.55 bits per heavy atom. The zero-order valence-corrected chi connectivity index (χ0v) is 17.4. The summed E-state index contributed by atoms with van der Waals surface area (Å²) in [4.78, 5) is 29.9. The molecule has 2 aliphatic rings. The van der Waals surface area contributed by atoms with Crippen LogP contribution in [-0.2, 0) is 22.6 Å². The van der Waals surface area contributed by atoms with Crippen LogP contribution in [0.5, 0.6) is 0 Å². The molecule has 5 nitrogen and oxygen atoms in total. The number of nitrogens with one attached hydrogen (secondary N) is 1. The minimum atomic E-state index is -0.689. The van der Waals surface area contributed by atoms with Gasteiger partial charge in [0.1, 0.15) is 17.7 Å². The smallest absolute Gasteiger partial charge is 0.244 e. The maximum absolute atomic E-state index is 13.8. The summed E-state index contributed by atoms with van der Waals surface area (Å²) in [5.41, 5.74) is 2.32. The zero-order valence-electron chi connectivity index (χ0n) is 17.4. The van der Waals surface area contributed by atoms with Crippen LogP contribution in [0.25, 0.3) is 0 Å². The second-order valence-corrected chi connectivity index (χ2v) is 8.22. The van der Waals surface area contributed by atoms with Crippen LogP contribution in [0.3, 0.4) is 0 Å². The molecule has 1 N–H and O–H groups in total. The lowest BCUT2D eigenvalue weighted by molar-refractivity contribution is -0.139. The lowest BCUT2D eigenvalue weighted by Gasteiger charge is -2.39. The molecular formula is C24H27F2N3O2. The second-order valence-electron chi connectivity index (χ2n) is 8.22. The van der Waals surface area contributed by atoms with Crippen LogP contribution in [0.15, 0.2) is 42.5 Å². The Kier molecular flexibility index (Phi) is 6.61. The van der Waals surface area contributed by atoms with E-state index in [0.29, 0.717) is 6.54 Å².